The Morgan fingerprint density at radius 2 is 2.00 bits per heavy atom. The monoisotopic (exact) mass is 336 g/mol. The number of hydrogen-bond acceptors (Lipinski definition) is 5. The third-order valence-electron chi connectivity index (χ3n) is 4.61. The predicted molar refractivity (Wildman–Crippen MR) is 85.6 cm³/mol. The van der Waals surface area contributed by atoms with Gasteiger partial charge >= 0.3 is 0 Å². The maximum Gasteiger partial charge on any atom is 0.242 e. The van der Waals surface area contributed by atoms with Crippen LogP contribution in [0.15, 0.2) is 24.4 Å². The Labute approximate surface area is 135 Å². The number of nitrogens with one attached hydrogen (secondary N) is 1. The largest absolute Gasteiger partial charge is 0.345 e. The number of pyridine rings is 1. The number of hydrogen-bond donors (Lipinski definition) is 1. The van der Waals surface area contributed by atoms with Crippen LogP contribution in [-0.4, -0.2) is 39.9 Å². The van der Waals surface area contributed by atoms with Gasteiger partial charge in [0.15, 0.2) is 21.3 Å². The van der Waals surface area contributed by atoms with Crippen LogP contribution in [0.2, 0.25) is 0 Å². The van der Waals surface area contributed by atoms with Gasteiger partial charge in [-0.3, -0.25) is 9.20 Å². The molecule has 1 aliphatic rings. The molecule has 1 aliphatic carbocycles. The molecule has 1 N–H and O–H groups in total. The van der Waals surface area contributed by atoms with E-state index in [1.807, 2.05) is 24.4 Å². The van der Waals surface area contributed by atoms with Crippen LogP contribution in [0.3, 0.4) is 0 Å². The van der Waals surface area contributed by atoms with E-state index < -0.39 is 26.5 Å². The highest BCUT2D eigenvalue weighted by molar-refractivity contribution is 7.92. The summed E-state index contributed by atoms with van der Waals surface area (Å²) in [4.78, 5) is 12.7. The van der Waals surface area contributed by atoms with Crippen molar-refractivity contribution in [3.05, 3.63) is 30.2 Å². The van der Waals surface area contributed by atoms with E-state index in [9.17, 15) is 13.2 Å². The lowest BCUT2D eigenvalue weighted by Gasteiger charge is -2.27. The molecule has 1 unspecified atom stereocenters. The number of carbonyl (C=O) groups is 1. The van der Waals surface area contributed by atoms with Gasteiger partial charge in [0.05, 0.1) is 6.04 Å². The van der Waals surface area contributed by atoms with Gasteiger partial charge in [-0.25, -0.2) is 8.42 Å². The molecule has 0 spiro atoms. The van der Waals surface area contributed by atoms with E-state index in [0.29, 0.717) is 24.3 Å². The third-order valence-corrected chi connectivity index (χ3v) is 6.62. The van der Waals surface area contributed by atoms with Crippen LogP contribution in [0.5, 0.6) is 0 Å². The van der Waals surface area contributed by atoms with Gasteiger partial charge in [0.25, 0.3) is 0 Å². The number of fused-ring (bicyclic) bond motifs is 1. The van der Waals surface area contributed by atoms with Crippen molar-refractivity contribution >= 4 is 21.4 Å². The van der Waals surface area contributed by atoms with Crippen LogP contribution in [0.25, 0.3) is 5.65 Å². The molecule has 0 bridgehead atoms. The zero-order valence-corrected chi connectivity index (χ0v) is 14.0. The summed E-state index contributed by atoms with van der Waals surface area (Å²) >= 11 is 0. The van der Waals surface area contributed by atoms with Crippen molar-refractivity contribution in [2.45, 2.75) is 43.4 Å². The fourth-order valence-corrected chi connectivity index (χ4v) is 4.69. The van der Waals surface area contributed by atoms with Crippen molar-refractivity contribution in [1.82, 2.24) is 19.9 Å². The summed E-state index contributed by atoms with van der Waals surface area (Å²) in [6.07, 6.45) is 5.23. The predicted octanol–water partition coefficient (Wildman–Crippen LogP) is 1.26. The Morgan fingerprint density at radius 3 is 2.65 bits per heavy atom. The number of amides is 1. The minimum atomic E-state index is -3.48. The summed E-state index contributed by atoms with van der Waals surface area (Å²) in [5.41, 5.74) is 0.683. The zero-order valence-electron chi connectivity index (χ0n) is 13.2. The smallest absolute Gasteiger partial charge is 0.242 e. The zero-order chi connectivity index (χ0) is 16.7. The summed E-state index contributed by atoms with van der Waals surface area (Å²) in [6.45, 7) is 1.78. The van der Waals surface area contributed by atoms with Crippen LogP contribution < -0.4 is 5.32 Å². The number of carbonyl (C=O) groups excluding carboxylic acids is 1. The quantitative estimate of drug-likeness (QED) is 0.907. The van der Waals surface area contributed by atoms with Crippen molar-refractivity contribution in [1.29, 1.82) is 0 Å². The van der Waals surface area contributed by atoms with Crippen LogP contribution in [0, 0.1) is 0 Å². The molecule has 1 amide bonds. The Bertz CT molecular complexity index is 837. The second-order valence-corrected chi connectivity index (χ2v) is 8.48. The number of nitrogens with zero attached hydrogens (tertiary/aromatic N) is 3. The summed E-state index contributed by atoms with van der Waals surface area (Å²) in [5, 5.41) is 11.0. The first-order valence-electron chi connectivity index (χ1n) is 7.65. The van der Waals surface area contributed by atoms with Crippen molar-refractivity contribution in [3.8, 4) is 0 Å². The summed E-state index contributed by atoms with van der Waals surface area (Å²) in [7, 11) is -3.48. The van der Waals surface area contributed by atoms with Gasteiger partial charge in [-0.05, 0) is 31.9 Å². The average Bonchev–Trinajstić information content (AvgIpc) is 3.14. The van der Waals surface area contributed by atoms with Gasteiger partial charge in [-0.2, -0.15) is 0 Å². The van der Waals surface area contributed by atoms with Gasteiger partial charge in [-0.15, -0.1) is 10.2 Å². The molecule has 124 valence electrons. The molecule has 23 heavy (non-hydrogen) atoms. The highest BCUT2D eigenvalue weighted by Gasteiger charge is 2.50. The van der Waals surface area contributed by atoms with E-state index in [1.54, 1.807) is 11.3 Å². The molecular formula is C15H20N4O3S. The molecule has 7 nitrogen and oxygen atoms in total. The Balaban J connectivity index is 1.87. The Kier molecular flexibility index (Phi) is 3.87. The van der Waals surface area contributed by atoms with Crippen LogP contribution in [0.4, 0.5) is 0 Å². The standard InChI is InChI=1S/C15H20N4O3S/c1-11(13-18-17-12-7-3-6-10-19(12)13)16-14(20)15(23(2,21)22)8-4-5-9-15/h3,6-7,10-11H,4-5,8-9H2,1-2H3,(H,16,20). The van der Waals surface area contributed by atoms with Crippen molar-refractivity contribution in [3.63, 3.8) is 0 Å². The Morgan fingerprint density at radius 1 is 1.30 bits per heavy atom. The summed E-state index contributed by atoms with van der Waals surface area (Å²) in [6, 6.07) is 5.09. The lowest BCUT2D eigenvalue weighted by atomic mass is 10.1. The second-order valence-electron chi connectivity index (χ2n) is 6.16. The van der Waals surface area contributed by atoms with Gasteiger partial charge in [0.1, 0.15) is 4.75 Å². The molecule has 2 aromatic heterocycles. The molecular weight excluding hydrogens is 316 g/mol. The first-order chi connectivity index (χ1) is 10.8. The van der Waals surface area contributed by atoms with Gasteiger partial charge in [0.2, 0.25) is 5.91 Å². The highest BCUT2D eigenvalue weighted by atomic mass is 32.2. The topological polar surface area (TPSA) is 93.4 Å². The first kappa shape index (κ1) is 15.9. The van der Waals surface area contributed by atoms with Crippen LogP contribution >= 0.6 is 0 Å². The number of aromatic nitrogens is 3. The maximum absolute atomic E-state index is 12.7. The molecule has 0 radical (unpaired) electrons. The molecule has 0 aromatic carbocycles. The van der Waals surface area contributed by atoms with Crippen LogP contribution in [0.1, 0.15) is 44.5 Å². The second kappa shape index (κ2) is 5.59. The SMILES string of the molecule is CC(NC(=O)C1(S(C)(=O)=O)CCCC1)c1nnc2ccccn12. The summed E-state index contributed by atoms with van der Waals surface area (Å²) < 4.78 is 24.8. The van der Waals surface area contributed by atoms with Crippen molar-refractivity contribution in [2.75, 3.05) is 6.26 Å². The third kappa shape index (κ3) is 2.60. The van der Waals surface area contributed by atoms with E-state index in [4.69, 9.17) is 0 Å². The fraction of sp³-hybridized carbons (Fsp3) is 0.533. The van der Waals surface area contributed by atoms with E-state index >= 15 is 0 Å². The Hall–Kier alpha value is -1.96. The molecule has 1 atom stereocenters. The molecule has 1 fully saturated rings. The van der Waals surface area contributed by atoms with E-state index in [1.165, 1.54) is 0 Å². The van der Waals surface area contributed by atoms with Gasteiger partial charge in [0, 0.05) is 12.5 Å². The minimum absolute atomic E-state index is 0.380. The van der Waals surface area contributed by atoms with Gasteiger partial charge < -0.3 is 5.32 Å². The summed E-state index contributed by atoms with van der Waals surface area (Å²) in [5.74, 6) is 0.147. The average molecular weight is 336 g/mol. The fourth-order valence-electron chi connectivity index (χ4n) is 3.26. The van der Waals surface area contributed by atoms with E-state index in [-0.39, 0.29) is 0 Å². The van der Waals surface area contributed by atoms with Crippen LogP contribution in [-0.2, 0) is 14.6 Å². The lowest BCUT2D eigenvalue weighted by molar-refractivity contribution is -0.124. The first-order valence-corrected chi connectivity index (χ1v) is 9.54. The molecule has 3 rings (SSSR count). The van der Waals surface area contributed by atoms with E-state index in [2.05, 4.69) is 15.5 Å². The van der Waals surface area contributed by atoms with Crippen molar-refractivity contribution in [2.24, 2.45) is 0 Å². The maximum atomic E-state index is 12.7. The minimum Gasteiger partial charge on any atom is -0.345 e. The normalized spacial score (nSPS) is 18.9. The lowest BCUT2D eigenvalue weighted by Crippen LogP contribution is -2.50. The van der Waals surface area contributed by atoms with E-state index in [0.717, 1.165) is 19.1 Å². The highest BCUT2D eigenvalue weighted by Crippen LogP contribution is 2.37. The molecule has 0 saturated heterocycles. The molecule has 8 heteroatoms. The number of rotatable bonds is 4. The molecule has 0 aliphatic heterocycles. The molecule has 2 heterocycles. The number of sulfone groups is 1. The van der Waals surface area contributed by atoms with Gasteiger partial charge in [-0.1, -0.05) is 18.9 Å². The molecule has 1 saturated carbocycles. The molecule has 2 aromatic rings. The van der Waals surface area contributed by atoms with Crippen molar-refractivity contribution < 1.29 is 13.2 Å².